The van der Waals surface area contributed by atoms with Gasteiger partial charge in [0.2, 0.25) is 5.91 Å². The Labute approximate surface area is 102 Å². The van der Waals surface area contributed by atoms with Crippen LogP contribution in [-0.2, 0) is 5.75 Å². The maximum absolute atomic E-state index is 10.9. The third kappa shape index (κ3) is 3.72. The van der Waals surface area contributed by atoms with E-state index in [1.165, 1.54) is 30.0 Å². The fraction of sp³-hybridized carbons (Fsp3) is 0.300. The Morgan fingerprint density at radius 1 is 1.53 bits per heavy atom. The van der Waals surface area contributed by atoms with Crippen LogP contribution in [0.15, 0.2) is 18.2 Å². The van der Waals surface area contributed by atoms with Crippen molar-refractivity contribution in [3.05, 3.63) is 39.4 Å². The second-order valence-corrected chi connectivity index (χ2v) is 4.35. The number of aliphatic hydroxyl groups excluding tert-OH is 1. The highest BCUT2D eigenvalue weighted by Gasteiger charge is 2.16. The first-order chi connectivity index (χ1) is 8.06. The van der Waals surface area contributed by atoms with Gasteiger partial charge in [0, 0.05) is 28.7 Å². The van der Waals surface area contributed by atoms with Crippen molar-refractivity contribution in [1.29, 1.82) is 0 Å². The van der Waals surface area contributed by atoms with Crippen LogP contribution in [0.25, 0.3) is 0 Å². The molecule has 0 aliphatic heterocycles. The van der Waals surface area contributed by atoms with E-state index in [4.69, 9.17) is 10.8 Å². The Kier molecular flexibility index (Phi) is 4.92. The Bertz CT molecular complexity index is 436. The van der Waals surface area contributed by atoms with E-state index in [0.717, 1.165) is 0 Å². The minimum Gasteiger partial charge on any atom is -0.396 e. The smallest absolute Gasteiger partial charge is 0.274 e. The molecule has 1 rings (SSSR count). The number of nitro benzene ring substituents is 1. The van der Waals surface area contributed by atoms with E-state index in [1.807, 2.05) is 0 Å². The Morgan fingerprint density at radius 2 is 2.24 bits per heavy atom. The van der Waals surface area contributed by atoms with Gasteiger partial charge in [-0.2, -0.15) is 11.8 Å². The molecule has 0 saturated heterocycles. The molecule has 0 saturated carbocycles. The average molecular weight is 256 g/mol. The predicted octanol–water partition coefficient (Wildman–Crippen LogP) is 0.919. The lowest BCUT2D eigenvalue weighted by Gasteiger charge is -2.03. The summed E-state index contributed by atoms with van der Waals surface area (Å²) in [4.78, 5) is 21.2. The summed E-state index contributed by atoms with van der Waals surface area (Å²) in [5.41, 5.74) is 5.57. The molecule has 0 radical (unpaired) electrons. The number of thioether (sulfide) groups is 1. The number of primary amides is 1. The molecule has 1 amide bonds. The molecule has 1 aromatic rings. The molecule has 0 aliphatic carbocycles. The highest BCUT2D eigenvalue weighted by atomic mass is 32.2. The van der Waals surface area contributed by atoms with Gasteiger partial charge in [-0.05, 0) is 6.07 Å². The number of carbonyl (C=O) groups is 1. The van der Waals surface area contributed by atoms with Crippen molar-refractivity contribution < 1.29 is 14.8 Å². The van der Waals surface area contributed by atoms with Crippen LogP contribution in [0.2, 0.25) is 0 Å². The normalized spacial score (nSPS) is 10.2. The molecule has 92 valence electrons. The minimum absolute atomic E-state index is 0.0256. The van der Waals surface area contributed by atoms with Crippen LogP contribution >= 0.6 is 11.8 Å². The van der Waals surface area contributed by atoms with Crippen molar-refractivity contribution in [3.8, 4) is 0 Å². The van der Waals surface area contributed by atoms with Crippen LogP contribution in [0.4, 0.5) is 5.69 Å². The molecule has 0 bridgehead atoms. The summed E-state index contributed by atoms with van der Waals surface area (Å²) in [5.74, 6) is 0.229. The van der Waals surface area contributed by atoms with Crippen LogP contribution in [0.3, 0.4) is 0 Å². The number of nitrogens with two attached hydrogens (primary N) is 1. The number of nitrogens with zero attached hydrogens (tertiary/aromatic N) is 1. The number of amides is 1. The van der Waals surface area contributed by atoms with E-state index >= 15 is 0 Å². The number of carbonyl (C=O) groups excluding carboxylic acids is 1. The summed E-state index contributed by atoms with van der Waals surface area (Å²) >= 11 is 1.38. The summed E-state index contributed by atoms with van der Waals surface area (Å²) < 4.78 is 0. The standard InChI is InChI=1S/C10H12N2O4S/c11-10(14)7-1-2-8(6-17-4-3-13)9(5-7)12(15)16/h1-2,5,13H,3-4,6H2,(H2,11,14). The van der Waals surface area contributed by atoms with E-state index < -0.39 is 10.8 Å². The van der Waals surface area contributed by atoms with Gasteiger partial charge in [0.15, 0.2) is 0 Å². The molecule has 17 heavy (non-hydrogen) atoms. The first-order valence-electron chi connectivity index (χ1n) is 4.82. The monoisotopic (exact) mass is 256 g/mol. The molecule has 0 aliphatic rings. The largest absolute Gasteiger partial charge is 0.396 e. The van der Waals surface area contributed by atoms with Gasteiger partial charge in [-0.15, -0.1) is 0 Å². The van der Waals surface area contributed by atoms with Gasteiger partial charge < -0.3 is 10.8 Å². The van der Waals surface area contributed by atoms with Crippen molar-refractivity contribution >= 4 is 23.4 Å². The molecular weight excluding hydrogens is 244 g/mol. The lowest BCUT2D eigenvalue weighted by atomic mass is 10.1. The van der Waals surface area contributed by atoms with Crippen LogP contribution in [0, 0.1) is 10.1 Å². The second-order valence-electron chi connectivity index (χ2n) is 3.24. The minimum atomic E-state index is -0.692. The summed E-state index contributed by atoms with van der Waals surface area (Å²) in [6, 6.07) is 4.16. The van der Waals surface area contributed by atoms with E-state index in [0.29, 0.717) is 17.1 Å². The Hall–Kier alpha value is -1.60. The van der Waals surface area contributed by atoms with Crippen molar-refractivity contribution in [1.82, 2.24) is 0 Å². The average Bonchev–Trinajstić information content (AvgIpc) is 2.29. The molecule has 0 fully saturated rings. The fourth-order valence-electron chi connectivity index (χ4n) is 1.26. The molecular formula is C10H12N2O4S. The Balaban J connectivity index is 2.96. The van der Waals surface area contributed by atoms with Gasteiger partial charge in [-0.1, -0.05) is 6.07 Å². The third-order valence-electron chi connectivity index (χ3n) is 2.06. The zero-order valence-corrected chi connectivity index (χ0v) is 9.77. The number of rotatable bonds is 6. The van der Waals surface area contributed by atoms with Crippen molar-refractivity contribution in [2.45, 2.75) is 5.75 Å². The maximum atomic E-state index is 10.9. The molecule has 0 unspecified atom stereocenters. The topological polar surface area (TPSA) is 106 Å². The number of benzene rings is 1. The molecule has 0 aromatic heterocycles. The van der Waals surface area contributed by atoms with Gasteiger partial charge in [0.25, 0.3) is 5.69 Å². The van der Waals surface area contributed by atoms with Crippen LogP contribution < -0.4 is 5.73 Å². The predicted molar refractivity (Wildman–Crippen MR) is 64.9 cm³/mol. The number of nitro groups is 1. The molecule has 0 atom stereocenters. The molecule has 0 heterocycles. The lowest BCUT2D eigenvalue weighted by Crippen LogP contribution is -2.11. The third-order valence-corrected chi connectivity index (χ3v) is 3.05. The molecule has 3 N–H and O–H groups in total. The summed E-state index contributed by atoms with van der Waals surface area (Å²) in [6.45, 7) is 0.0256. The van der Waals surface area contributed by atoms with Crippen molar-refractivity contribution in [2.24, 2.45) is 5.73 Å². The van der Waals surface area contributed by atoms with Crippen LogP contribution in [-0.4, -0.2) is 28.3 Å². The maximum Gasteiger partial charge on any atom is 0.274 e. The first kappa shape index (κ1) is 13.5. The van der Waals surface area contributed by atoms with Gasteiger partial charge in [0.05, 0.1) is 11.5 Å². The Morgan fingerprint density at radius 3 is 2.76 bits per heavy atom. The van der Waals surface area contributed by atoms with E-state index in [2.05, 4.69) is 0 Å². The van der Waals surface area contributed by atoms with Gasteiger partial charge in [-0.25, -0.2) is 0 Å². The second kappa shape index (κ2) is 6.21. The van der Waals surface area contributed by atoms with Gasteiger partial charge in [-0.3, -0.25) is 14.9 Å². The lowest BCUT2D eigenvalue weighted by molar-refractivity contribution is -0.385. The van der Waals surface area contributed by atoms with Gasteiger partial charge in [0.1, 0.15) is 0 Å². The molecule has 0 spiro atoms. The summed E-state index contributed by atoms with van der Waals surface area (Å²) in [5, 5.41) is 19.4. The SMILES string of the molecule is NC(=O)c1ccc(CSCCO)c([N+](=O)[O-])c1. The highest BCUT2D eigenvalue weighted by molar-refractivity contribution is 7.98. The zero-order chi connectivity index (χ0) is 12.8. The number of hydrogen-bond acceptors (Lipinski definition) is 5. The zero-order valence-electron chi connectivity index (χ0n) is 8.96. The molecule has 7 heteroatoms. The van der Waals surface area contributed by atoms with E-state index in [-0.39, 0.29) is 17.9 Å². The number of hydrogen-bond donors (Lipinski definition) is 2. The van der Waals surface area contributed by atoms with Crippen LogP contribution in [0.1, 0.15) is 15.9 Å². The molecule has 1 aromatic carbocycles. The highest BCUT2D eigenvalue weighted by Crippen LogP contribution is 2.24. The van der Waals surface area contributed by atoms with E-state index in [1.54, 1.807) is 0 Å². The van der Waals surface area contributed by atoms with Crippen molar-refractivity contribution in [3.63, 3.8) is 0 Å². The summed E-state index contributed by atoms with van der Waals surface area (Å²) in [6.07, 6.45) is 0. The fourth-order valence-corrected chi connectivity index (χ4v) is 1.99. The van der Waals surface area contributed by atoms with E-state index in [9.17, 15) is 14.9 Å². The van der Waals surface area contributed by atoms with Crippen LogP contribution in [0.5, 0.6) is 0 Å². The van der Waals surface area contributed by atoms with Gasteiger partial charge >= 0.3 is 0 Å². The quantitative estimate of drug-likeness (QED) is 0.447. The number of aliphatic hydroxyl groups is 1. The first-order valence-corrected chi connectivity index (χ1v) is 5.97. The summed E-state index contributed by atoms with van der Waals surface area (Å²) in [7, 11) is 0. The van der Waals surface area contributed by atoms with Crippen molar-refractivity contribution in [2.75, 3.05) is 12.4 Å². The molecule has 6 nitrogen and oxygen atoms in total.